The lowest BCUT2D eigenvalue weighted by Crippen LogP contribution is -2.09. The molecular weight excluding hydrogens is 446 g/mol. The van der Waals surface area contributed by atoms with Crippen LogP contribution in [-0.4, -0.2) is 29.1 Å². The first-order chi connectivity index (χ1) is 15.1. The third kappa shape index (κ3) is 5.91. The molecule has 2 aromatic carbocycles. The van der Waals surface area contributed by atoms with Gasteiger partial charge in [-0.3, -0.25) is 4.99 Å². The number of carboxylic acid groups (broad SMARTS) is 1. The van der Waals surface area contributed by atoms with Gasteiger partial charge in [-0.05, 0) is 60.4 Å². The van der Waals surface area contributed by atoms with E-state index in [-0.39, 0.29) is 0 Å². The Hall–Kier alpha value is -2.81. The summed E-state index contributed by atoms with van der Waals surface area (Å²) >= 11 is 1.52. The molecule has 32 heavy (non-hydrogen) atoms. The van der Waals surface area contributed by atoms with Crippen LogP contribution in [0.3, 0.4) is 0 Å². The summed E-state index contributed by atoms with van der Waals surface area (Å²) in [7, 11) is 0. The third-order valence-corrected chi connectivity index (χ3v) is 5.86. The van der Waals surface area contributed by atoms with E-state index in [2.05, 4.69) is 4.99 Å². The Morgan fingerprint density at radius 1 is 1.22 bits per heavy atom. The summed E-state index contributed by atoms with van der Waals surface area (Å²) < 4.78 is 57.7. The fourth-order valence-corrected chi connectivity index (χ4v) is 4.41. The molecule has 0 aromatic heterocycles. The molecule has 0 atom stereocenters. The van der Waals surface area contributed by atoms with E-state index < -0.39 is 30.1 Å². The van der Waals surface area contributed by atoms with Gasteiger partial charge in [-0.2, -0.15) is 13.2 Å². The van der Waals surface area contributed by atoms with Crippen molar-refractivity contribution in [3.05, 3.63) is 70.2 Å². The molecule has 3 rings (SSSR count). The van der Waals surface area contributed by atoms with Gasteiger partial charge < -0.3 is 9.84 Å². The van der Waals surface area contributed by atoms with Crippen molar-refractivity contribution in [1.82, 2.24) is 0 Å². The van der Waals surface area contributed by atoms with Gasteiger partial charge in [-0.1, -0.05) is 13.0 Å². The predicted octanol–water partition coefficient (Wildman–Crippen LogP) is 6.27. The SMILES string of the molecule is CCC1=C(CSc2cc(C)cc(OCC(=O)O)c2)CC(c2ccc(C(F)(F)F)c(F)c2)=N1. The number of halogens is 4. The lowest BCUT2D eigenvalue weighted by Gasteiger charge is -2.10. The van der Waals surface area contributed by atoms with Crippen LogP contribution in [0.5, 0.6) is 5.75 Å². The zero-order valence-electron chi connectivity index (χ0n) is 17.4. The van der Waals surface area contributed by atoms with Gasteiger partial charge in [-0.25, -0.2) is 9.18 Å². The van der Waals surface area contributed by atoms with Gasteiger partial charge in [0.2, 0.25) is 0 Å². The van der Waals surface area contributed by atoms with Crippen LogP contribution in [-0.2, 0) is 11.0 Å². The summed E-state index contributed by atoms with van der Waals surface area (Å²) in [5.41, 5.74) is 2.36. The second kappa shape index (κ2) is 9.77. The van der Waals surface area contributed by atoms with Gasteiger partial charge in [0.25, 0.3) is 0 Å². The summed E-state index contributed by atoms with van der Waals surface area (Å²) in [5, 5.41) is 8.78. The Morgan fingerprint density at radius 3 is 2.59 bits per heavy atom. The lowest BCUT2D eigenvalue weighted by atomic mass is 10.0. The van der Waals surface area contributed by atoms with E-state index >= 15 is 0 Å². The standard InChI is InChI=1S/C23H21F4NO3S/c1-3-20-15(12-32-17-7-13(2)6-16(10-17)31-11-22(29)30)9-21(28-20)14-4-5-18(19(24)8-14)23(25,26)27/h4-8,10H,3,9,11-12H2,1-2H3,(H,29,30). The van der Waals surface area contributed by atoms with Crippen molar-refractivity contribution in [1.29, 1.82) is 0 Å². The number of ether oxygens (including phenoxy) is 1. The zero-order valence-corrected chi connectivity index (χ0v) is 18.2. The van der Waals surface area contributed by atoms with Gasteiger partial charge in [0.1, 0.15) is 11.6 Å². The molecule has 0 bridgehead atoms. The summed E-state index contributed by atoms with van der Waals surface area (Å²) in [4.78, 5) is 16.1. The normalized spacial score (nSPS) is 14.0. The molecule has 4 nitrogen and oxygen atoms in total. The Morgan fingerprint density at radius 2 is 1.97 bits per heavy atom. The highest BCUT2D eigenvalue weighted by molar-refractivity contribution is 7.99. The van der Waals surface area contributed by atoms with E-state index in [1.807, 2.05) is 19.9 Å². The molecule has 0 radical (unpaired) electrons. The van der Waals surface area contributed by atoms with E-state index in [1.54, 1.807) is 12.1 Å². The fraction of sp³-hybridized carbons (Fsp3) is 0.304. The van der Waals surface area contributed by atoms with Crippen LogP contribution in [0.15, 0.2) is 57.6 Å². The summed E-state index contributed by atoms with van der Waals surface area (Å²) in [6, 6.07) is 8.34. The first-order valence-corrected chi connectivity index (χ1v) is 10.8. The van der Waals surface area contributed by atoms with Crippen LogP contribution in [0.1, 0.15) is 36.5 Å². The summed E-state index contributed by atoms with van der Waals surface area (Å²) in [6.45, 7) is 3.38. The van der Waals surface area contributed by atoms with Crippen LogP contribution < -0.4 is 4.74 Å². The highest BCUT2D eigenvalue weighted by Crippen LogP contribution is 2.35. The quantitative estimate of drug-likeness (QED) is 0.367. The van der Waals surface area contributed by atoms with E-state index in [4.69, 9.17) is 9.84 Å². The molecule has 1 aliphatic rings. The number of alkyl halides is 3. The Kier molecular flexibility index (Phi) is 7.28. The monoisotopic (exact) mass is 467 g/mol. The van der Waals surface area contributed by atoms with Crippen LogP contribution in [0, 0.1) is 12.7 Å². The zero-order chi connectivity index (χ0) is 23.5. The molecule has 0 aliphatic carbocycles. The maximum Gasteiger partial charge on any atom is 0.419 e. The van der Waals surface area contributed by atoms with E-state index in [0.29, 0.717) is 35.6 Å². The second-order valence-corrected chi connectivity index (χ2v) is 8.33. The second-order valence-electron chi connectivity index (χ2n) is 7.28. The number of rotatable bonds is 8. The van der Waals surface area contributed by atoms with Crippen LogP contribution in [0.4, 0.5) is 17.6 Å². The first-order valence-electron chi connectivity index (χ1n) is 9.81. The molecule has 170 valence electrons. The van der Waals surface area contributed by atoms with E-state index in [0.717, 1.165) is 33.9 Å². The van der Waals surface area contributed by atoms with Crippen molar-refractivity contribution >= 4 is 23.4 Å². The van der Waals surface area contributed by atoms with E-state index in [1.165, 1.54) is 17.8 Å². The molecule has 9 heteroatoms. The predicted molar refractivity (Wildman–Crippen MR) is 115 cm³/mol. The number of aliphatic carboxylic acids is 1. The third-order valence-electron chi connectivity index (χ3n) is 4.80. The molecule has 1 heterocycles. The van der Waals surface area contributed by atoms with Crippen molar-refractivity contribution in [2.24, 2.45) is 4.99 Å². The molecular formula is C23H21F4NO3S. The topological polar surface area (TPSA) is 58.9 Å². The highest BCUT2D eigenvalue weighted by Gasteiger charge is 2.34. The number of nitrogens with zero attached hydrogens (tertiary/aromatic N) is 1. The molecule has 1 N–H and O–H groups in total. The minimum atomic E-state index is -4.74. The molecule has 1 aliphatic heterocycles. The van der Waals surface area contributed by atoms with Crippen molar-refractivity contribution in [3.8, 4) is 5.75 Å². The number of aliphatic imine (C=N–C) groups is 1. The molecule has 0 spiro atoms. The number of thioether (sulfide) groups is 1. The van der Waals surface area contributed by atoms with Gasteiger partial charge >= 0.3 is 12.1 Å². The maximum absolute atomic E-state index is 14.0. The van der Waals surface area contributed by atoms with Crippen molar-refractivity contribution < 1.29 is 32.2 Å². The van der Waals surface area contributed by atoms with Gasteiger partial charge in [0, 0.05) is 22.8 Å². The molecule has 0 saturated carbocycles. The van der Waals surface area contributed by atoms with Crippen molar-refractivity contribution in [2.45, 2.75) is 37.8 Å². The number of benzene rings is 2. The largest absolute Gasteiger partial charge is 0.482 e. The molecule has 0 amide bonds. The molecule has 0 fully saturated rings. The average Bonchev–Trinajstić information content (AvgIpc) is 3.12. The molecule has 2 aromatic rings. The lowest BCUT2D eigenvalue weighted by molar-refractivity contribution is -0.140. The number of allylic oxidation sites excluding steroid dienone is 1. The number of aryl methyl sites for hydroxylation is 1. The maximum atomic E-state index is 14.0. The van der Waals surface area contributed by atoms with E-state index in [9.17, 15) is 22.4 Å². The minimum Gasteiger partial charge on any atom is -0.482 e. The summed E-state index contributed by atoms with van der Waals surface area (Å²) in [6.07, 6.45) is -3.67. The average molecular weight is 467 g/mol. The summed E-state index contributed by atoms with van der Waals surface area (Å²) in [5.74, 6) is -1.33. The van der Waals surface area contributed by atoms with Crippen LogP contribution >= 0.6 is 11.8 Å². The molecule has 0 saturated heterocycles. The molecule has 0 unspecified atom stereocenters. The fourth-order valence-electron chi connectivity index (χ4n) is 3.34. The van der Waals surface area contributed by atoms with Gasteiger partial charge in [0.15, 0.2) is 6.61 Å². The van der Waals surface area contributed by atoms with Crippen molar-refractivity contribution in [3.63, 3.8) is 0 Å². The smallest absolute Gasteiger partial charge is 0.419 e. The van der Waals surface area contributed by atoms with Crippen LogP contribution in [0.2, 0.25) is 0 Å². The number of carbonyl (C=O) groups is 1. The highest BCUT2D eigenvalue weighted by atomic mass is 32.2. The Bertz CT molecular complexity index is 1090. The first kappa shape index (κ1) is 23.8. The Labute approximate surface area is 187 Å². The number of hydrogen-bond donors (Lipinski definition) is 1. The number of carboxylic acids is 1. The van der Waals surface area contributed by atoms with Gasteiger partial charge in [0.05, 0.1) is 11.3 Å². The number of hydrogen-bond acceptors (Lipinski definition) is 4. The van der Waals surface area contributed by atoms with Gasteiger partial charge in [-0.15, -0.1) is 11.8 Å². The van der Waals surface area contributed by atoms with Crippen LogP contribution in [0.25, 0.3) is 0 Å². The van der Waals surface area contributed by atoms with Crippen molar-refractivity contribution in [2.75, 3.05) is 12.4 Å². The minimum absolute atomic E-state index is 0.335. The Balaban J connectivity index is 1.71.